The van der Waals surface area contributed by atoms with E-state index < -0.39 is 14.3 Å². The molecule has 1 heteroatoms. The second-order valence-corrected chi connectivity index (χ2v) is 8.40. The van der Waals surface area contributed by atoms with E-state index in [-0.39, 0.29) is 0 Å². The number of hydrogen-bond acceptors (Lipinski definition) is 0. The molecule has 0 bridgehead atoms. The molecule has 0 nitrogen and oxygen atoms in total. The second kappa shape index (κ2) is 4.47. The summed E-state index contributed by atoms with van der Waals surface area (Å²) in [6.45, 7) is 0. The van der Waals surface area contributed by atoms with E-state index in [9.17, 15) is 0 Å². The number of hydrogen-bond donors (Lipinski definition) is 0. The minimum absolute atomic E-state index is 1.20. The summed E-state index contributed by atoms with van der Waals surface area (Å²) in [6.07, 6.45) is 0. The molecule has 2 rings (SSSR count). The molecular formula is C13H13Ge. The summed E-state index contributed by atoms with van der Waals surface area (Å²) >= 11 is -1.20. The third-order valence-electron chi connectivity index (χ3n) is 2.41. The third kappa shape index (κ3) is 2.07. The van der Waals surface area contributed by atoms with E-state index >= 15 is 0 Å². The van der Waals surface area contributed by atoms with Gasteiger partial charge in [-0.3, -0.25) is 0 Å². The molecule has 1 radical (unpaired) electrons. The molecular weight excluding hydrogens is 229 g/mol. The van der Waals surface area contributed by atoms with E-state index in [1.807, 2.05) is 0 Å². The maximum atomic E-state index is 2.41. The maximum absolute atomic E-state index is 2.41. The van der Waals surface area contributed by atoms with Gasteiger partial charge in [-0.05, 0) is 0 Å². The molecule has 0 fully saturated rings. The van der Waals surface area contributed by atoms with Crippen LogP contribution in [0, 0.1) is 0 Å². The van der Waals surface area contributed by atoms with E-state index in [1.54, 1.807) is 8.79 Å². The molecule has 0 saturated heterocycles. The molecule has 0 aromatic heterocycles. The van der Waals surface area contributed by atoms with Crippen molar-refractivity contribution in [3.8, 4) is 0 Å². The van der Waals surface area contributed by atoms with Gasteiger partial charge in [0, 0.05) is 0 Å². The van der Waals surface area contributed by atoms with Gasteiger partial charge in [0.2, 0.25) is 0 Å². The molecule has 0 aliphatic rings. The first-order valence-electron chi connectivity index (χ1n) is 4.82. The van der Waals surface area contributed by atoms with Crippen molar-refractivity contribution in [2.75, 3.05) is 0 Å². The molecule has 0 aliphatic carbocycles. The van der Waals surface area contributed by atoms with E-state index in [0.29, 0.717) is 0 Å². The quantitative estimate of drug-likeness (QED) is 0.705. The first-order chi connectivity index (χ1) is 6.88. The zero-order chi connectivity index (χ0) is 9.80. The number of rotatable bonds is 2. The molecule has 14 heavy (non-hydrogen) atoms. The van der Waals surface area contributed by atoms with Crippen molar-refractivity contribution < 1.29 is 0 Å². The Kier molecular flexibility index (Phi) is 3.04. The Morgan fingerprint density at radius 3 is 1.36 bits per heavy atom. The summed E-state index contributed by atoms with van der Waals surface area (Å²) in [7, 11) is 0. The van der Waals surface area contributed by atoms with Crippen molar-refractivity contribution in [3.63, 3.8) is 0 Å². The zero-order valence-corrected chi connectivity index (χ0v) is 10.4. The van der Waals surface area contributed by atoms with Crippen LogP contribution in [0.5, 0.6) is 0 Å². The monoisotopic (exact) mass is 243 g/mol. The molecule has 0 unspecified atom stereocenters. The van der Waals surface area contributed by atoms with Crippen LogP contribution in [0.4, 0.5) is 0 Å². The first-order valence-corrected chi connectivity index (χ1v) is 9.02. The summed E-state index contributed by atoms with van der Waals surface area (Å²) < 4.78 is 3.08. The van der Waals surface area contributed by atoms with E-state index in [1.165, 1.54) is 0 Å². The Balaban J connectivity index is 2.30. The standard InChI is InChI=1S/C13H13Ge/c1-14(12-8-4-2-5-9-12)13-10-6-3-7-11-13/h2-11H,1H3. The van der Waals surface area contributed by atoms with E-state index in [2.05, 4.69) is 66.4 Å². The van der Waals surface area contributed by atoms with Crippen LogP contribution in [0.15, 0.2) is 60.7 Å². The van der Waals surface area contributed by atoms with Gasteiger partial charge in [0.25, 0.3) is 0 Å². The van der Waals surface area contributed by atoms with Gasteiger partial charge in [-0.15, -0.1) is 0 Å². The second-order valence-electron chi connectivity index (χ2n) is 3.36. The fraction of sp³-hybridized carbons (Fsp3) is 0.0769. The van der Waals surface area contributed by atoms with Crippen molar-refractivity contribution in [3.05, 3.63) is 60.7 Å². The van der Waals surface area contributed by atoms with Crippen molar-refractivity contribution in [2.24, 2.45) is 0 Å². The van der Waals surface area contributed by atoms with Gasteiger partial charge in [-0.2, -0.15) is 0 Å². The zero-order valence-electron chi connectivity index (χ0n) is 8.27. The summed E-state index contributed by atoms with van der Waals surface area (Å²) in [5, 5.41) is 0. The molecule has 0 N–H and O–H groups in total. The Hall–Kier alpha value is -1.02. The van der Waals surface area contributed by atoms with Gasteiger partial charge >= 0.3 is 89.6 Å². The van der Waals surface area contributed by atoms with Crippen molar-refractivity contribution in [1.82, 2.24) is 0 Å². The van der Waals surface area contributed by atoms with Crippen molar-refractivity contribution in [1.29, 1.82) is 0 Å². The van der Waals surface area contributed by atoms with Crippen LogP contribution in [0.1, 0.15) is 0 Å². The van der Waals surface area contributed by atoms with Crippen LogP contribution in [-0.4, -0.2) is 14.3 Å². The van der Waals surface area contributed by atoms with Gasteiger partial charge in [0.05, 0.1) is 0 Å². The van der Waals surface area contributed by atoms with Crippen LogP contribution in [0.2, 0.25) is 5.76 Å². The minimum atomic E-state index is -1.20. The van der Waals surface area contributed by atoms with Crippen LogP contribution >= 0.6 is 0 Å². The predicted octanol–water partition coefficient (Wildman–Crippen LogP) is 1.93. The Morgan fingerprint density at radius 1 is 0.643 bits per heavy atom. The topological polar surface area (TPSA) is 0 Å². The van der Waals surface area contributed by atoms with Gasteiger partial charge in [0.15, 0.2) is 0 Å². The summed E-state index contributed by atoms with van der Waals surface area (Å²) in [5.41, 5.74) is 0. The van der Waals surface area contributed by atoms with Crippen LogP contribution in [0.25, 0.3) is 0 Å². The third-order valence-corrected chi connectivity index (χ3v) is 7.45. The number of benzene rings is 2. The molecule has 0 saturated carbocycles. The molecule has 0 aliphatic heterocycles. The summed E-state index contributed by atoms with van der Waals surface area (Å²) in [5.74, 6) is 2.41. The molecule has 2 aromatic carbocycles. The summed E-state index contributed by atoms with van der Waals surface area (Å²) in [4.78, 5) is 0. The Labute approximate surface area is 89.7 Å². The normalized spacial score (nSPS) is 10.4. The Bertz CT molecular complexity index is 341. The van der Waals surface area contributed by atoms with Gasteiger partial charge in [0.1, 0.15) is 0 Å². The average Bonchev–Trinajstić information content (AvgIpc) is 2.30. The van der Waals surface area contributed by atoms with Gasteiger partial charge in [-0.25, -0.2) is 0 Å². The fourth-order valence-corrected chi connectivity index (χ4v) is 5.15. The molecule has 0 heterocycles. The summed E-state index contributed by atoms with van der Waals surface area (Å²) in [6, 6.07) is 21.7. The van der Waals surface area contributed by atoms with E-state index in [4.69, 9.17) is 0 Å². The van der Waals surface area contributed by atoms with Crippen LogP contribution in [0.3, 0.4) is 0 Å². The predicted molar refractivity (Wildman–Crippen MR) is 63.8 cm³/mol. The van der Waals surface area contributed by atoms with Crippen LogP contribution < -0.4 is 8.79 Å². The van der Waals surface area contributed by atoms with Crippen molar-refractivity contribution >= 4 is 23.1 Å². The first kappa shape index (κ1) is 9.53. The molecule has 0 amide bonds. The molecule has 69 valence electrons. The molecule has 0 spiro atoms. The Morgan fingerprint density at radius 2 is 1.00 bits per heavy atom. The average molecular weight is 242 g/mol. The van der Waals surface area contributed by atoms with E-state index in [0.717, 1.165) is 0 Å². The van der Waals surface area contributed by atoms with Crippen LogP contribution in [-0.2, 0) is 0 Å². The molecule has 0 atom stereocenters. The SMILES string of the molecule is [CH3][Ge]([c]1ccccc1)[c]1ccccc1. The fourth-order valence-electron chi connectivity index (χ4n) is 1.54. The van der Waals surface area contributed by atoms with Gasteiger partial charge < -0.3 is 0 Å². The van der Waals surface area contributed by atoms with Gasteiger partial charge in [-0.1, -0.05) is 0 Å². The molecule has 2 aromatic rings. The van der Waals surface area contributed by atoms with Crippen molar-refractivity contribution in [2.45, 2.75) is 5.76 Å².